The molecule has 0 aliphatic carbocycles. The highest BCUT2D eigenvalue weighted by Gasteiger charge is 2.66. The van der Waals surface area contributed by atoms with Crippen molar-refractivity contribution in [3.8, 4) is 5.75 Å². The first-order valence-electron chi connectivity index (χ1n) is 15.9. The Kier molecular flexibility index (Phi) is 9.01. The first kappa shape index (κ1) is 32.5. The van der Waals surface area contributed by atoms with E-state index in [0.29, 0.717) is 47.8 Å². The van der Waals surface area contributed by atoms with Gasteiger partial charge in [0.05, 0.1) is 31.1 Å². The number of ether oxygens (including phenoxy) is 2. The van der Waals surface area contributed by atoms with Gasteiger partial charge < -0.3 is 23.6 Å². The van der Waals surface area contributed by atoms with Crippen molar-refractivity contribution < 1.29 is 28.3 Å². The quantitative estimate of drug-likeness (QED) is 0.121. The van der Waals surface area contributed by atoms with Gasteiger partial charge in [-0.05, 0) is 67.5 Å². The number of hydrogen-bond acceptors (Lipinski definition) is 7. The Bertz CT molecular complexity index is 1750. The molecule has 4 atom stereocenters. The van der Waals surface area contributed by atoms with Crippen molar-refractivity contribution in [3.63, 3.8) is 0 Å². The highest BCUT2D eigenvalue weighted by molar-refractivity contribution is 6.72. The Morgan fingerprint density at radius 3 is 2.57 bits per heavy atom. The van der Waals surface area contributed by atoms with E-state index in [2.05, 4.69) is 10.3 Å². The SMILES string of the molecule is COc1ccc2c(c1)[C@@]1(O[C@H](CCn3cc(CCO)nn3)[C@@H]([Si](C)(C)F)[C@@H]1C)C(=O)N2Cc1cccc(N(C=O)c2ccccc2)c1. The molecule has 2 aliphatic rings. The first-order chi connectivity index (χ1) is 22.6. The fourth-order valence-electron chi connectivity index (χ4n) is 7.36. The van der Waals surface area contributed by atoms with Gasteiger partial charge in [-0.1, -0.05) is 42.5 Å². The topological polar surface area (TPSA) is 110 Å². The van der Waals surface area contributed by atoms with E-state index >= 15 is 4.11 Å². The highest BCUT2D eigenvalue weighted by Crippen LogP contribution is 2.60. The minimum absolute atomic E-state index is 0.0255. The number of halogens is 1. The molecule has 2 amide bonds. The summed E-state index contributed by atoms with van der Waals surface area (Å²) < 4.78 is 30.4. The van der Waals surface area contributed by atoms with Crippen molar-refractivity contribution in [2.24, 2.45) is 5.92 Å². The molecule has 2 aliphatic heterocycles. The second kappa shape index (κ2) is 13.0. The smallest absolute Gasteiger partial charge is 0.264 e. The van der Waals surface area contributed by atoms with Crippen LogP contribution < -0.4 is 14.5 Å². The number of nitrogens with zero attached hydrogens (tertiary/aromatic N) is 5. The van der Waals surface area contributed by atoms with Gasteiger partial charge in [-0.15, -0.1) is 5.10 Å². The number of fused-ring (bicyclic) bond motifs is 2. The summed E-state index contributed by atoms with van der Waals surface area (Å²) in [6.07, 6.45) is 2.85. The van der Waals surface area contributed by atoms with Crippen LogP contribution in [-0.4, -0.2) is 60.6 Å². The third kappa shape index (κ3) is 5.96. The van der Waals surface area contributed by atoms with Crippen molar-refractivity contribution >= 4 is 37.8 Å². The number of amides is 2. The van der Waals surface area contributed by atoms with Crippen LogP contribution in [0.3, 0.4) is 0 Å². The lowest BCUT2D eigenvalue weighted by Crippen LogP contribution is -2.45. The average molecular weight is 658 g/mol. The fraction of sp³-hybridized carbons (Fsp3) is 0.371. The largest absolute Gasteiger partial charge is 0.497 e. The van der Waals surface area contributed by atoms with Crippen LogP contribution in [0.1, 0.15) is 30.2 Å². The third-order valence-corrected chi connectivity index (χ3v) is 11.9. The number of benzene rings is 3. The molecule has 10 nitrogen and oxygen atoms in total. The van der Waals surface area contributed by atoms with E-state index in [4.69, 9.17) is 9.47 Å². The maximum atomic E-state index is 16.3. The number of anilines is 3. The van der Waals surface area contributed by atoms with Crippen LogP contribution in [0, 0.1) is 5.92 Å². The summed E-state index contributed by atoms with van der Waals surface area (Å²) in [4.78, 5) is 30.2. The molecule has 0 bridgehead atoms. The van der Waals surface area contributed by atoms with Crippen LogP contribution in [0.25, 0.3) is 0 Å². The molecular weight excluding hydrogens is 617 g/mol. The van der Waals surface area contributed by atoms with Crippen molar-refractivity contribution in [2.45, 2.75) is 63.2 Å². The van der Waals surface area contributed by atoms with E-state index < -0.39 is 31.6 Å². The van der Waals surface area contributed by atoms with Crippen LogP contribution in [0.2, 0.25) is 18.6 Å². The van der Waals surface area contributed by atoms with Crippen molar-refractivity contribution in [1.82, 2.24) is 15.0 Å². The van der Waals surface area contributed by atoms with E-state index in [1.807, 2.05) is 79.7 Å². The number of para-hydroxylation sites is 1. The number of rotatable bonds is 12. The van der Waals surface area contributed by atoms with Gasteiger partial charge in [0.2, 0.25) is 14.8 Å². The van der Waals surface area contributed by atoms with Gasteiger partial charge in [-0.25, -0.2) is 0 Å². The van der Waals surface area contributed by atoms with E-state index in [0.717, 1.165) is 17.7 Å². The van der Waals surface area contributed by atoms with Gasteiger partial charge in [-0.2, -0.15) is 0 Å². The Morgan fingerprint density at radius 1 is 1.11 bits per heavy atom. The van der Waals surface area contributed by atoms with Gasteiger partial charge >= 0.3 is 0 Å². The molecular formula is C35H40FN5O5Si. The molecule has 3 heterocycles. The van der Waals surface area contributed by atoms with Gasteiger partial charge in [0.1, 0.15) is 5.75 Å². The van der Waals surface area contributed by atoms with E-state index in [9.17, 15) is 14.7 Å². The molecule has 4 aromatic rings. The zero-order chi connectivity index (χ0) is 33.3. The minimum atomic E-state index is -3.36. The summed E-state index contributed by atoms with van der Waals surface area (Å²) >= 11 is 0. The Hall–Kier alpha value is -4.39. The zero-order valence-electron chi connectivity index (χ0n) is 27.0. The zero-order valence-corrected chi connectivity index (χ0v) is 28.0. The lowest BCUT2D eigenvalue weighted by Gasteiger charge is -2.31. The lowest BCUT2D eigenvalue weighted by molar-refractivity contribution is -0.146. The molecule has 1 N–H and O–H groups in total. The molecule has 12 heteroatoms. The maximum Gasteiger partial charge on any atom is 0.264 e. The van der Waals surface area contributed by atoms with Gasteiger partial charge in [0.25, 0.3) is 5.91 Å². The maximum absolute atomic E-state index is 16.3. The third-order valence-electron chi connectivity index (χ3n) is 9.43. The molecule has 1 fully saturated rings. The first-order valence-corrected chi connectivity index (χ1v) is 18.8. The van der Waals surface area contributed by atoms with Gasteiger partial charge in [0, 0.05) is 54.2 Å². The van der Waals surface area contributed by atoms with Crippen molar-refractivity contribution in [2.75, 3.05) is 23.5 Å². The Labute approximate surface area is 274 Å². The number of hydrogen-bond donors (Lipinski definition) is 1. The molecule has 1 aromatic heterocycles. The highest BCUT2D eigenvalue weighted by atomic mass is 28.4. The summed E-state index contributed by atoms with van der Waals surface area (Å²) in [6, 6.07) is 22.4. The van der Waals surface area contributed by atoms with Crippen molar-refractivity contribution in [1.29, 1.82) is 0 Å². The summed E-state index contributed by atoms with van der Waals surface area (Å²) in [7, 11) is -1.78. The number of methoxy groups -OCH3 is 1. The molecule has 246 valence electrons. The van der Waals surface area contributed by atoms with E-state index in [1.54, 1.807) is 40.9 Å². The minimum Gasteiger partial charge on any atom is -0.497 e. The number of carbonyl (C=O) groups is 2. The summed E-state index contributed by atoms with van der Waals surface area (Å²) in [5.74, 6) is -0.125. The predicted octanol–water partition coefficient (Wildman–Crippen LogP) is 5.53. The Balaban J connectivity index is 1.35. The normalized spacial score (nSPS) is 22.1. The lowest BCUT2D eigenvalue weighted by atomic mass is 9.82. The fourth-order valence-corrected chi connectivity index (χ4v) is 9.91. The van der Waals surface area contributed by atoms with Crippen LogP contribution >= 0.6 is 0 Å². The second-order valence-corrected chi connectivity index (χ2v) is 16.6. The standard InChI is InChI=1S/C35H40FN5O5Si/c1-24-33(47(3,4)36)32(15-17-39-22-26(16-18-42)37-38-39)46-35(24)30-20-29(45-2)13-14-31(30)40(34(35)44)21-25-9-8-12-28(19-25)41(23-43)27-10-6-5-7-11-27/h5-14,19-20,22-24,32-33,42H,15-18,21H2,1-4H3/t24-,32+,33-,35+/m0/s1. The predicted molar refractivity (Wildman–Crippen MR) is 179 cm³/mol. The summed E-state index contributed by atoms with van der Waals surface area (Å²) in [5.41, 5.74) is 2.37. The number of aryl methyl sites for hydroxylation is 1. The molecule has 6 rings (SSSR count). The molecule has 0 unspecified atom stereocenters. The Morgan fingerprint density at radius 2 is 1.87 bits per heavy atom. The summed E-state index contributed by atoms with van der Waals surface area (Å²) in [6.45, 7) is 5.92. The average Bonchev–Trinajstić information content (AvgIpc) is 3.71. The molecule has 3 aromatic carbocycles. The molecule has 47 heavy (non-hydrogen) atoms. The second-order valence-electron chi connectivity index (χ2n) is 12.8. The molecule has 0 saturated carbocycles. The number of aliphatic hydroxyl groups excluding tert-OH is 1. The molecule has 0 radical (unpaired) electrons. The van der Waals surface area contributed by atoms with Gasteiger partial charge in [-0.3, -0.25) is 19.2 Å². The number of carbonyl (C=O) groups excluding carboxylic acids is 2. The van der Waals surface area contributed by atoms with Crippen LogP contribution in [0.5, 0.6) is 5.75 Å². The number of aromatic nitrogens is 3. The van der Waals surface area contributed by atoms with Crippen LogP contribution in [0.4, 0.5) is 21.2 Å². The summed E-state index contributed by atoms with van der Waals surface area (Å²) in [5, 5.41) is 17.5. The van der Waals surface area contributed by atoms with Crippen LogP contribution in [-0.2, 0) is 39.4 Å². The van der Waals surface area contributed by atoms with Gasteiger partial charge in [0.15, 0.2) is 5.60 Å². The molecule has 1 saturated heterocycles. The van der Waals surface area contributed by atoms with E-state index in [1.165, 1.54) is 0 Å². The van der Waals surface area contributed by atoms with Crippen LogP contribution in [0.15, 0.2) is 79.0 Å². The van der Waals surface area contributed by atoms with Crippen molar-refractivity contribution in [3.05, 3.63) is 95.8 Å². The monoisotopic (exact) mass is 657 g/mol. The molecule has 1 spiro atoms. The number of aliphatic hydroxyl groups is 1. The van der Waals surface area contributed by atoms with E-state index in [-0.39, 0.29) is 19.1 Å².